The summed E-state index contributed by atoms with van der Waals surface area (Å²) in [7, 11) is 1.92. The Labute approximate surface area is 67.5 Å². The molecular weight excluding hydrogens is 194 g/mol. The maximum Gasteiger partial charge on any atom is 0.0751 e. The number of halogens is 1. The summed E-state index contributed by atoms with van der Waals surface area (Å²) < 4.78 is 2.03. The molecule has 0 aliphatic heterocycles. The Balaban J connectivity index is 2.42. The van der Waals surface area contributed by atoms with E-state index in [9.17, 15) is 0 Å². The van der Waals surface area contributed by atoms with Crippen molar-refractivity contribution in [2.75, 3.05) is 0 Å². The summed E-state index contributed by atoms with van der Waals surface area (Å²) in [5, 5.41) is 7.67. The minimum Gasteiger partial charge on any atom is -0.251 e. The second-order valence-corrected chi connectivity index (χ2v) is 4.23. The Hall–Kier alpha value is -0.380. The molecule has 3 nitrogen and oxygen atoms in total. The van der Waals surface area contributed by atoms with Crippen LogP contribution in [-0.4, -0.2) is 15.0 Å². The highest BCUT2D eigenvalue weighted by Crippen LogP contribution is 2.53. The minimum atomic E-state index is 0.214. The van der Waals surface area contributed by atoms with Crippen LogP contribution in [0.1, 0.15) is 18.5 Å². The van der Waals surface area contributed by atoms with Gasteiger partial charge in [-0.2, -0.15) is 0 Å². The van der Waals surface area contributed by atoms with Crippen molar-refractivity contribution in [1.29, 1.82) is 0 Å². The summed E-state index contributed by atoms with van der Waals surface area (Å²) in [4.78, 5) is 0. The summed E-state index contributed by atoms with van der Waals surface area (Å²) in [5.74, 6) is 0. The first-order valence-corrected chi connectivity index (χ1v) is 4.06. The van der Waals surface area contributed by atoms with Gasteiger partial charge in [-0.3, -0.25) is 4.68 Å². The highest BCUT2D eigenvalue weighted by atomic mass is 79.9. The molecule has 0 saturated heterocycles. The van der Waals surface area contributed by atoms with Gasteiger partial charge < -0.3 is 0 Å². The van der Waals surface area contributed by atoms with Gasteiger partial charge >= 0.3 is 0 Å². The van der Waals surface area contributed by atoms with Crippen LogP contribution < -0.4 is 0 Å². The molecule has 0 unspecified atom stereocenters. The van der Waals surface area contributed by atoms with E-state index >= 15 is 0 Å². The van der Waals surface area contributed by atoms with Gasteiger partial charge in [-0.15, -0.1) is 5.10 Å². The maximum atomic E-state index is 3.86. The van der Waals surface area contributed by atoms with E-state index in [0.717, 1.165) is 0 Å². The molecule has 1 aromatic rings. The second-order valence-electron chi connectivity index (χ2n) is 2.71. The molecule has 0 atom stereocenters. The van der Waals surface area contributed by atoms with Gasteiger partial charge in [0.25, 0.3) is 0 Å². The first kappa shape index (κ1) is 6.34. The summed E-state index contributed by atoms with van der Waals surface area (Å²) >= 11 is 3.63. The lowest BCUT2D eigenvalue weighted by Gasteiger charge is -2.03. The maximum absolute atomic E-state index is 3.86. The van der Waals surface area contributed by atoms with Crippen LogP contribution in [0.15, 0.2) is 6.20 Å². The van der Waals surface area contributed by atoms with Crippen LogP contribution >= 0.6 is 15.9 Å². The van der Waals surface area contributed by atoms with Crippen LogP contribution in [0.2, 0.25) is 0 Å². The first-order chi connectivity index (χ1) is 4.72. The number of nitrogens with zero attached hydrogens (tertiary/aromatic N) is 3. The lowest BCUT2D eigenvalue weighted by atomic mass is 10.3. The molecule has 2 rings (SSSR count). The smallest absolute Gasteiger partial charge is 0.0751 e. The van der Waals surface area contributed by atoms with Gasteiger partial charge in [0.2, 0.25) is 0 Å². The molecule has 1 aromatic heterocycles. The van der Waals surface area contributed by atoms with Gasteiger partial charge in [0.05, 0.1) is 16.2 Å². The van der Waals surface area contributed by atoms with Crippen molar-refractivity contribution in [3.63, 3.8) is 0 Å². The minimum absolute atomic E-state index is 0.214. The molecule has 0 radical (unpaired) electrons. The van der Waals surface area contributed by atoms with Crippen molar-refractivity contribution < 1.29 is 0 Å². The number of aryl methyl sites for hydroxylation is 1. The zero-order chi connectivity index (χ0) is 7.19. The van der Waals surface area contributed by atoms with Crippen molar-refractivity contribution in [2.24, 2.45) is 7.05 Å². The highest BCUT2D eigenvalue weighted by Gasteiger charge is 2.44. The van der Waals surface area contributed by atoms with Gasteiger partial charge in [0.15, 0.2) is 0 Å². The van der Waals surface area contributed by atoms with Crippen molar-refractivity contribution in [1.82, 2.24) is 15.0 Å². The van der Waals surface area contributed by atoms with Gasteiger partial charge in [-0.1, -0.05) is 21.1 Å². The molecule has 1 aliphatic carbocycles. The Morgan fingerprint density at radius 1 is 1.70 bits per heavy atom. The SMILES string of the molecule is Cn1nncc1C1(Br)CC1. The van der Waals surface area contributed by atoms with Crippen LogP contribution in [0.5, 0.6) is 0 Å². The monoisotopic (exact) mass is 201 g/mol. The summed E-state index contributed by atoms with van der Waals surface area (Å²) in [6.07, 6.45) is 4.23. The molecule has 54 valence electrons. The fourth-order valence-electron chi connectivity index (χ4n) is 1.06. The van der Waals surface area contributed by atoms with Crippen molar-refractivity contribution >= 4 is 15.9 Å². The highest BCUT2D eigenvalue weighted by molar-refractivity contribution is 9.09. The Bertz CT molecular complexity index is 251. The second kappa shape index (κ2) is 1.81. The third kappa shape index (κ3) is 0.785. The fourth-order valence-corrected chi connectivity index (χ4v) is 1.62. The van der Waals surface area contributed by atoms with E-state index in [-0.39, 0.29) is 4.32 Å². The molecule has 10 heavy (non-hydrogen) atoms. The molecule has 0 N–H and O–H groups in total. The number of hydrogen-bond acceptors (Lipinski definition) is 2. The van der Waals surface area contributed by atoms with Crippen molar-refractivity contribution in [3.8, 4) is 0 Å². The fraction of sp³-hybridized carbons (Fsp3) is 0.667. The predicted octanol–water partition coefficient (Wildman–Crippen LogP) is 1.20. The molecule has 1 fully saturated rings. The van der Waals surface area contributed by atoms with Crippen LogP contribution in [0.25, 0.3) is 0 Å². The molecule has 0 aromatic carbocycles. The van der Waals surface area contributed by atoms with Gasteiger partial charge in [0.1, 0.15) is 0 Å². The van der Waals surface area contributed by atoms with E-state index in [1.54, 1.807) is 0 Å². The van der Waals surface area contributed by atoms with Gasteiger partial charge in [-0.25, -0.2) is 0 Å². The number of hydrogen-bond donors (Lipinski definition) is 0. The summed E-state index contributed by atoms with van der Waals surface area (Å²) in [6, 6.07) is 0. The Morgan fingerprint density at radius 2 is 2.40 bits per heavy atom. The van der Waals surface area contributed by atoms with Crippen LogP contribution in [0.4, 0.5) is 0 Å². The van der Waals surface area contributed by atoms with Crippen LogP contribution in [0, 0.1) is 0 Å². The third-order valence-corrected chi connectivity index (χ3v) is 3.06. The molecular formula is C6H8BrN3. The Kier molecular flexibility index (Phi) is 1.15. The van der Waals surface area contributed by atoms with Gasteiger partial charge in [-0.05, 0) is 12.8 Å². The average molecular weight is 202 g/mol. The summed E-state index contributed by atoms with van der Waals surface area (Å²) in [5.41, 5.74) is 1.19. The molecule has 1 aliphatic rings. The van der Waals surface area contributed by atoms with E-state index in [1.807, 2.05) is 17.9 Å². The largest absolute Gasteiger partial charge is 0.251 e. The zero-order valence-electron chi connectivity index (χ0n) is 5.71. The lowest BCUT2D eigenvalue weighted by molar-refractivity contribution is 0.671. The molecule has 1 heterocycles. The molecule has 4 heteroatoms. The van der Waals surface area contributed by atoms with Crippen molar-refractivity contribution in [2.45, 2.75) is 17.2 Å². The molecule has 1 saturated carbocycles. The van der Waals surface area contributed by atoms with Crippen LogP contribution in [-0.2, 0) is 11.4 Å². The molecule has 0 spiro atoms. The summed E-state index contributed by atoms with van der Waals surface area (Å²) in [6.45, 7) is 0. The zero-order valence-corrected chi connectivity index (χ0v) is 7.30. The topological polar surface area (TPSA) is 30.7 Å². The first-order valence-electron chi connectivity index (χ1n) is 3.26. The normalized spacial score (nSPS) is 21.0. The van der Waals surface area contributed by atoms with Crippen LogP contribution in [0.3, 0.4) is 0 Å². The third-order valence-electron chi connectivity index (χ3n) is 1.86. The average Bonchev–Trinajstić information content (AvgIpc) is 2.44. The molecule has 0 amide bonds. The quantitative estimate of drug-likeness (QED) is 0.640. The van der Waals surface area contributed by atoms with E-state index < -0.39 is 0 Å². The number of rotatable bonds is 1. The number of alkyl halides is 1. The van der Waals surface area contributed by atoms with E-state index in [2.05, 4.69) is 26.2 Å². The standard InChI is InChI=1S/C6H8BrN3/c1-10-5(4-8-9-10)6(7)2-3-6/h4H,2-3H2,1H3. The lowest BCUT2D eigenvalue weighted by Crippen LogP contribution is -2.04. The number of aromatic nitrogens is 3. The van der Waals surface area contributed by atoms with E-state index in [4.69, 9.17) is 0 Å². The Morgan fingerprint density at radius 3 is 2.80 bits per heavy atom. The molecule has 0 bridgehead atoms. The van der Waals surface area contributed by atoms with E-state index in [1.165, 1.54) is 18.5 Å². The predicted molar refractivity (Wildman–Crippen MR) is 40.8 cm³/mol. The van der Waals surface area contributed by atoms with Crippen molar-refractivity contribution in [3.05, 3.63) is 11.9 Å². The van der Waals surface area contributed by atoms with E-state index in [0.29, 0.717) is 0 Å². The van der Waals surface area contributed by atoms with Gasteiger partial charge in [0, 0.05) is 7.05 Å².